The molecule has 11 heteroatoms. The summed E-state index contributed by atoms with van der Waals surface area (Å²) in [6, 6.07) is 16.6. The Hall–Kier alpha value is -2.73. The third-order valence-corrected chi connectivity index (χ3v) is 10.2. The molecule has 0 bridgehead atoms. The van der Waals surface area contributed by atoms with Gasteiger partial charge in [-0.25, -0.2) is 8.42 Å². The molecule has 9 nitrogen and oxygen atoms in total. The van der Waals surface area contributed by atoms with E-state index < -0.39 is 10.0 Å². The number of piperidine rings is 1. The van der Waals surface area contributed by atoms with Crippen molar-refractivity contribution in [2.24, 2.45) is 0 Å². The van der Waals surface area contributed by atoms with E-state index in [1.807, 2.05) is 41.0 Å². The maximum atomic E-state index is 13.2. The van der Waals surface area contributed by atoms with Crippen LogP contribution in [-0.2, 0) is 14.8 Å². The van der Waals surface area contributed by atoms with E-state index in [-0.39, 0.29) is 33.7 Å². The van der Waals surface area contributed by atoms with Crippen LogP contribution in [0.1, 0.15) is 53.4 Å². The highest BCUT2D eigenvalue weighted by Crippen LogP contribution is 2.31. The lowest BCUT2D eigenvalue weighted by Gasteiger charge is -2.46. The van der Waals surface area contributed by atoms with Gasteiger partial charge in [0.05, 0.1) is 10.6 Å². The first kappa shape index (κ1) is 28.8. The number of sulfonamides is 1. The van der Waals surface area contributed by atoms with Crippen molar-refractivity contribution in [3.05, 3.63) is 54.6 Å². The second-order valence-electron chi connectivity index (χ2n) is 12.0. The molecule has 0 unspecified atom stereocenters. The van der Waals surface area contributed by atoms with Crippen LogP contribution >= 0.6 is 11.8 Å². The number of amides is 1. The monoisotopic (exact) mass is 582 g/mol. The van der Waals surface area contributed by atoms with Gasteiger partial charge in [-0.15, -0.1) is 10.2 Å². The first-order valence-corrected chi connectivity index (χ1v) is 16.2. The van der Waals surface area contributed by atoms with Crippen molar-refractivity contribution in [1.82, 2.24) is 29.7 Å². The van der Waals surface area contributed by atoms with Gasteiger partial charge in [0.2, 0.25) is 15.9 Å². The van der Waals surface area contributed by atoms with Gasteiger partial charge in [-0.1, -0.05) is 42.1 Å². The van der Waals surface area contributed by atoms with Gasteiger partial charge in [-0.3, -0.25) is 9.36 Å². The Morgan fingerprint density at radius 2 is 1.68 bits per heavy atom. The van der Waals surface area contributed by atoms with Gasteiger partial charge in [0.15, 0.2) is 11.0 Å². The number of benzene rings is 2. The molecule has 2 fully saturated rings. The van der Waals surface area contributed by atoms with Gasteiger partial charge >= 0.3 is 0 Å². The van der Waals surface area contributed by atoms with Crippen LogP contribution in [0.25, 0.3) is 17.1 Å². The minimum absolute atomic E-state index is 0.0497. The second kappa shape index (κ2) is 11.3. The van der Waals surface area contributed by atoms with Crippen LogP contribution in [0.5, 0.6) is 0 Å². The predicted octanol–water partition coefficient (Wildman–Crippen LogP) is 4.24. The molecule has 2 saturated heterocycles. The summed E-state index contributed by atoms with van der Waals surface area (Å²) >= 11 is 1.32. The average molecular weight is 583 g/mol. The van der Waals surface area contributed by atoms with Gasteiger partial charge in [0.25, 0.3) is 0 Å². The second-order valence-corrected chi connectivity index (χ2v) is 14.9. The van der Waals surface area contributed by atoms with Crippen LogP contribution < -0.4 is 10.6 Å². The molecule has 1 aromatic heterocycles. The maximum Gasteiger partial charge on any atom is 0.243 e. The molecule has 2 aromatic carbocycles. The zero-order valence-corrected chi connectivity index (χ0v) is 25.2. The number of aromatic nitrogens is 3. The zero-order valence-electron chi connectivity index (χ0n) is 23.6. The van der Waals surface area contributed by atoms with Crippen LogP contribution in [0.2, 0.25) is 0 Å². The molecule has 0 atom stereocenters. The van der Waals surface area contributed by atoms with Crippen molar-refractivity contribution >= 4 is 27.7 Å². The first-order valence-electron chi connectivity index (χ1n) is 13.8. The number of thioether (sulfide) groups is 1. The average Bonchev–Trinajstić information content (AvgIpc) is 3.57. The van der Waals surface area contributed by atoms with Crippen molar-refractivity contribution in [3.63, 3.8) is 0 Å². The van der Waals surface area contributed by atoms with Crippen LogP contribution in [0, 0.1) is 0 Å². The van der Waals surface area contributed by atoms with Gasteiger partial charge in [-0.05, 0) is 77.6 Å². The SMILES string of the molecule is CC1(C)CC(NC(=O)CSc2nnc(-c3cccc(S(=O)(=O)N4CCCC4)c3)n2-c2ccccc2)CC(C)(C)N1. The lowest BCUT2D eigenvalue weighted by Crippen LogP contribution is -2.62. The summed E-state index contributed by atoms with van der Waals surface area (Å²) in [6.45, 7) is 9.74. The fourth-order valence-electron chi connectivity index (χ4n) is 6.06. The largest absolute Gasteiger partial charge is 0.353 e. The van der Waals surface area contributed by atoms with Crippen LogP contribution in [0.3, 0.4) is 0 Å². The molecule has 0 radical (unpaired) electrons. The fourth-order valence-corrected chi connectivity index (χ4v) is 8.38. The molecule has 1 amide bonds. The van der Waals surface area contributed by atoms with Crippen molar-refractivity contribution in [2.75, 3.05) is 18.8 Å². The lowest BCUT2D eigenvalue weighted by atomic mass is 9.79. The van der Waals surface area contributed by atoms with E-state index in [1.54, 1.807) is 22.5 Å². The zero-order chi connectivity index (χ0) is 28.5. The molecule has 2 aliphatic rings. The Labute approximate surface area is 241 Å². The Morgan fingerprint density at radius 1 is 1.00 bits per heavy atom. The quantitative estimate of drug-likeness (QED) is 0.383. The number of nitrogens with zero attached hydrogens (tertiary/aromatic N) is 4. The van der Waals surface area contributed by atoms with Gasteiger partial charge in [-0.2, -0.15) is 4.31 Å². The summed E-state index contributed by atoms with van der Waals surface area (Å²) < 4.78 is 29.9. The van der Waals surface area contributed by atoms with E-state index >= 15 is 0 Å². The molecule has 214 valence electrons. The highest BCUT2D eigenvalue weighted by molar-refractivity contribution is 7.99. The Morgan fingerprint density at radius 3 is 2.35 bits per heavy atom. The Bertz CT molecular complexity index is 1450. The summed E-state index contributed by atoms with van der Waals surface area (Å²) in [5, 5.41) is 16.3. The molecular weight excluding hydrogens is 544 g/mol. The van der Waals surface area contributed by atoms with Gasteiger partial charge in [0, 0.05) is 41.5 Å². The van der Waals surface area contributed by atoms with E-state index in [0.717, 1.165) is 31.4 Å². The minimum Gasteiger partial charge on any atom is -0.353 e. The topological polar surface area (TPSA) is 109 Å². The summed E-state index contributed by atoms with van der Waals surface area (Å²) in [5.74, 6) is 0.667. The molecule has 0 aliphatic carbocycles. The van der Waals surface area contributed by atoms with Crippen LogP contribution in [0.15, 0.2) is 64.6 Å². The Kier molecular flexibility index (Phi) is 8.11. The molecule has 5 rings (SSSR count). The van der Waals surface area contributed by atoms with Gasteiger partial charge in [0.1, 0.15) is 0 Å². The number of carbonyl (C=O) groups is 1. The molecule has 0 spiro atoms. The van der Waals surface area contributed by atoms with Crippen molar-refractivity contribution in [2.45, 2.75) is 80.5 Å². The van der Waals surface area contributed by atoms with E-state index in [0.29, 0.717) is 29.6 Å². The third-order valence-electron chi connectivity index (χ3n) is 7.33. The first-order chi connectivity index (χ1) is 18.9. The van der Waals surface area contributed by atoms with Crippen molar-refractivity contribution < 1.29 is 13.2 Å². The molecular formula is C29H38N6O3S2. The normalized spacial score (nSPS) is 19.5. The highest BCUT2D eigenvalue weighted by atomic mass is 32.2. The van der Waals surface area contributed by atoms with Crippen LogP contribution in [-0.4, -0.2) is 69.4 Å². The lowest BCUT2D eigenvalue weighted by molar-refractivity contribution is -0.119. The summed E-state index contributed by atoms with van der Waals surface area (Å²) in [6.07, 6.45) is 3.47. The van der Waals surface area contributed by atoms with E-state index in [9.17, 15) is 13.2 Å². The van der Waals surface area contributed by atoms with Gasteiger partial charge < -0.3 is 10.6 Å². The number of rotatable bonds is 8. The highest BCUT2D eigenvalue weighted by Gasteiger charge is 2.38. The van der Waals surface area contributed by atoms with Crippen molar-refractivity contribution in [1.29, 1.82) is 0 Å². The maximum absolute atomic E-state index is 13.2. The van der Waals surface area contributed by atoms with E-state index in [2.05, 4.69) is 48.5 Å². The fraction of sp³-hybridized carbons (Fsp3) is 0.483. The smallest absolute Gasteiger partial charge is 0.243 e. The van der Waals surface area contributed by atoms with Crippen LogP contribution in [0.4, 0.5) is 0 Å². The minimum atomic E-state index is -3.58. The summed E-state index contributed by atoms with van der Waals surface area (Å²) in [7, 11) is -3.58. The number of para-hydroxylation sites is 1. The summed E-state index contributed by atoms with van der Waals surface area (Å²) in [5.41, 5.74) is 1.35. The molecule has 3 aromatic rings. The molecule has 0 saturated carbocycles. The summed E-state index contributed by atoms with van der Waals surface area (Å²) in [4.78, 5) is 13.3. The van der Waals surface area contributed by atoms with Crippen molar-refractivity contribution in [3.8, 4) is 17.1 Å². The number of carbonyl (C=O) groups excluding carboxylic acids is 1. The molecule has 2 aliphatic heterocycles. The predicted molar refractivity (Wildman–Crippen MR) is 158 cm³/mol. The number of nitrogens with one attached hydrogen (secondary N) is 2. The number of hydrogen-bond acceptors (Lipinski definition) is 7. The van der Waals surface area contributed by atoms with E-state index in [1.165, 1.54) is 11.8 Å². The molecule has 3 heterocycles. The Balaban J connectivity index is 1.39. The molecule has 2 N–H and O–H groups in total. The standard InChI is InChI=1S/C29H38N6O3S2/c1-28(2)18-22(19-29(3,4)33-28)30-25(36)20-39-27-32-31-26(35(27)23-12-6-5-7-13-23)21-11-10-14-24(17-21)40(37,38)34-15-8-9-16-34/h5-7,10-14,17,22,33H,8-9,15-16,18-20H2,1-4H3,(H,30,36). The number of hydrogen-bond donors (Lipinski definition) is 2. The van der Waals surface area contributed by atoms with E-state index in [4.69, 9.17) is 0 Å². The molecule has 40 heavy (non-hydrogen) atoms. The third kappa shape index (κ3) is 6.43.